The molecule has 2 aromatic carbocycles. The summed E-state index contributed by atoms with van der Waals surface area (Å²) in [6.45, 7) is 3.41. The smallest absolute Gasteiger partial charge is 0.272 e. The van der Waals surface area contributed by atoms with Crippen molar-refractivity contribution < 1.29 is 22.8 Å². The average molecular weight is 624 g/mol. The lowest BCUT2D eigenvalue weighted by molar-refractivity contribution is -0.119. The van der Waals surface area contributed by atoms with Crippen molar-refractivity contribution in [1.82, 2.24) is 20.1 Å². The first-order valence-electron chi connectivity index (χ1n) is 14.5. The van der Waals surface area contributed by atoms with Crippen molar-refractivity contribution in [2.75, 3.05) is 18.9 Å². The number of rotatable bonds is 8. The number of nitrogens with one attached hydrogen (secondary N) is 3. The lowest BCUT2D eigenvalue weighted by Gasteiger charge is -2.30. The van der Waals surface area contributed by atoms with E-state index in [1.807, 2.05) is 18.2 Å². The molecule has 12 heteroatoms. The molecule has 228 valence electrons. The van der Waals surface area contributed by atoms with Crippen LogP contribution in [0.3, 0.4) is 0 Å². The molecule has 1 aromatic heterocycles. The zero-order valence-corrected chi connectivity index (χ0v) is 26.0. The van der Waals surface area contributed by atoms with Gasteiger partial charge in [-0.1, -0.05) is 49.6 Å². The van der Waals surface area contributed by atoms with Crippen molar-refractivity contribution >= 4 is 44.1 Å². The minimum Gasteiger partial charge on any atom is -0.313 e. The Kier molecular flexibility index (Phi) is 9.60. The van der Waals surface area contributed by atoms with Crippen molar-refractivity contribution in [2.45, 2.75) is 69.5 Å². The summed E-state index contributed by atoms with van der Waals surface area (Å²) in [5, 5.41) is 3.26. The molecule has 43 heavy (non-hydrogen) atoms. The van der Waals surface area contributed by atoms with E-state index in [1.165, 1.54) is 52.4 Å². The fraction of sp³-hybridized carbons (Fsp3) is 0.387. The van der Waals surface area contributed by atoms with Crippen LogP contribution in [0.25, 0.3) is 0 Å². The standard InChI is InChI=1S/C31H37N5O5S2/c1-21(37)33-34-30(39)28-26-17-18-36(19-22-9-5-3-6-10-22)20-27(26)42-31(28)32-29(38)23-13-15-25(16-14-23)43(40,41)35(2)24-11-7-4-8-12-24/h3,5-6,9-10,13-16,24H,4,7-8,11-12,17-20H2,1-2H3,(H,32,38)(H,33,37)(H,34,39). The predicted molar refractivity (Wildman–Crippen MR) is 166 cm³/mol. The van der Waals surface area contributed by atoms with E-state index in [2.05, 4.69) is 33.2 Å². The van der Waals surface area contributed by atoms with Crippen LogP contribution in [0.4, 0.5) is 5.00 Å². The molecule has 1 fully saturated rings. The van der Waals surface area contributed by atoms with Gasteiger partial charge in [0.1, 0.15) is 5.00 Å². The maximum Gasteiger partial charge on any atom is 0.272 e. The van der Waals surface area contributed by atoms with Gasteiger partial charge >= 0.3 is 0 Å². The molecule has 3 aromatic rings. The molecule has 3 amide bonds. The van der Waals surface area contributed by atoms with Crippen molar-refractivity contribution in [3.05, 3.63) is 81.7 Å². The number of carbonyl (C=O) groups is 3. The third-order valence-electron chi connectivity index (χ3n) is 8.07. The van der Waals surface area contributed by atoms with Crippen molar-refractivity contribution in [3.8, 4) is 0 Å². The summed E-state index contributed by atoms with van der Waals surface area (Å²) in [5.41, 5.74) is 7.40. The van der Waals surface area contributed by atoms with E-state index in [-0.39, 0.29) is 16.5 Å². The highest BCUT2D eigenvalue weighted by atomic mass is 32.2. The molecule has 0 unspecified atom stereocenters. The van der Waals surface area contributed by atoms with Crippen LogP contribution in [0.5, 0.6) is 0 Å². The summed E-state index contributed by atoms with van der Waals surface area (Å²) in [6.07, 6.45) is 5.48. The van der Waals surface area contributed by atoms with E-state index in [0.29, 0.717) is 23.5 Å². The van der Waals surface area contributed by atoms with Gasteiger partial charge in [0.2, 0.25) is 15.9 Å². The molecular formula is C31H37N5O5S2. The van der Waals surface area contributed by atoms with Crippen LogP contribution < -0.4 is 16.2 Å². The Morgan fingerprint density at radius 1 is 0.953 bits per heavy atom. The first kappa shape index (κ1) is 30.9. The molecule has 0 atom stereocenters. The normalized spacial score (nSPS) is 16.0. The number of carbonyl (C=O) groups excluding carboxylic acids is 3. The quantitative estimate of drug-likeness (QED) is 0.321. The van der Waals surface area contributed by atoms with Gasteiger partial charge in [0.25, 0.3) is 11.8 Å². The number of benzene rings is 2. The zero-order valence-electron chi connectivity index (χ0n) is 24.4. The SMILES string of the molecule is CC(=O)NNC(=O)c1c(NC(=O)c2ccc(S(=O)(=O)N(C)C3CCCCC3)cc2)sc2c1CCN(Cc1ccccc1)C2. The summed E-state index contributed by atoms with van der Waals surface area (Å²) in [5.74, 6) is -1.38. The Morgan fingerprint density at radius 3 is 2.33 bits per heavy atom. The zero-order chi connectivity index (χ0) is 30.6. The Labute approximate surface area is 256 Å². The van der Waals surface area contributed by atoms with Crippen molar-refractivity contribution in [1.29, 1.82) is 0 Å². The van der Waals surface area contributed by atoms with E-state index in [9.17, 15) is 22.8 Å². The molecule has 0 saturated heterocycles. The van der Waals surface area contributed by atoms with Crippen LogP contribution in [-0.2, 0) is 34.3 Å². The second kappa shape index (κ2) is 13.4. The van der Waals surface area contributed by atoms with Gasteiger partial charge in [-0.15, -0.1) is 11.3 Å². The highest BCUT2D eigenvalue weighted by Crippen LogP contribution is 2.38. The van der Waals surface area contributed by atoms with Gasteiger partial charge in [0.15, 0.2) is 0 Å². The molecule has 0 spiro atoms. The van der Waals surface area contributed by atoms with Gasteiger partial charge in [0.05, 0.1) is 10.5 Å². The second-order valence-electron chi connectivity index (χ2n) is 11.1. The molecular weight excluding hydrogens is 587 g/mol. The maximum absolute atomic E-state index is 13.3. The lowest BCUT2D eigenvalue weighted by atomic mass is 9.96. The summed E-state index contributed by atoms with van der Waals surface area (Å²) >= 11 is 1.34. The van der Waals surface area contributed by atoms with E-state index in [1.54, 1.807) is 7.05 Å². The van der Waals surface area contributed by atoms with Crippen molar-refractivity contribution in [3.63, 3.8) is 0 Å². The van der Waals surface area contributed by atoms with Gasteiger partial charge in [-0.05, 0) is 54.7 Å². The average Bonchev–Trinajstić information content (AvgIpc) is 3.37. The number of fused-ring (bicyclic) bond motifs is 1. The van der Waals surface area contributed by atoms with Gasteiger partial charge in [-0.25, -0.2) is 8.42 Å². The maximum atomic E-state index is 13.3. The van der Waals surface area contributed by atoms with Crippen LogP contribution in [0.2, 0.25) is 0 Å². The van der Waals surface area contributed by atoms with E-state index >= 15 is 0 Å². The first-order valence-corrected chi connectivity index (χ1v) is 16.8. The van der Waals surface area contributed by atoms with Gasteiger partial charge in [-0.2, -0.15) is 4.31 Å². The van der Waals surface area contributed by atoms with E-state index in [0.717, 1.165) is 55.6 Å². The molecule has 0 radical (unpaired) electrons. The Hall–Kier alpha value is -3.58. The number of thiophene rings is 1. The summed E-state index contributed by atoms with van der Waals surface area (Å²) in [6, 6.07) is 16.0. The molecule has 10 nitrogen and oxygen atoms in total. The highest BCUT2D eigenvalue weighted by molar-refractivity contribution is 7.89. The van der Waals surface area contributed by atoms with Crippen LogP contribution in [0.1, 0.15) is 75.7 Å². The summed E-state index contributed by atoms with van der Waals surface area (Å²) < 4.78 is 27.9. The third kappa shape index (κ3) is 7.15. The van der Waals surface area contributed by atoms with Crippen LogP contribution >= 0.6 is 11.3 Å². The number of nitrogens with zero attached hydrogens (tertiary/aromatic N) is 2. The summed E-state index contributed by atoms with van der Waals surface area (Å²) in [7, 11) is -2.07. The first-order chi connectivity index (χ1) is 20.6. The van der Waals surface area contributed by atoms with Crippen LogP contribution in [0.15, 0.2) is 59.5 Å². The topological polar surface area (TPSA) is 128 Å². The number of anilines is 1. The van der Waals surface area contributed by atoms with Crippen LogP contribution in [-0.4, -0.2) is 55.0 Å². The Bertz CT molecular complexity index is 1580. The van der Waals surface area contributed by atoms with Gasteiger partial charge in [0, 0.05) is 50.1 Å². The number of sulfonamides is 1. The van der Waals surface area contributed by atoms with Gasteiger partial charge in [-0.3, -0.25) is 30.1 Å². The fourth-order valence-corrected chi connectivity index (χ4v) is 8.43. The highest BCUT2D eigenvalue weighted by Gasteiger charge is 2.31. The van der Waals surface area contributed by atoms with E-state index in [4.69, 9.17) is 0 Å². The number of hydrazine groups is 1. The van der Waals surface area contributed by atoms with Crippen LogP contribution in [0, 0.1) is 0 Å². The van der Waals surface area contributed by atoms with Gasteiger partial charge < -0.3 is 5.32 Å². The Morgan fingerprint density at radius 2 is 1.65 bits per heavy atom. The van der Waals surface area contributed by atoms with E-state index < -0.39 is 27.7 Å². The summed E-state index contributed by atoms with van der Waals surface area (Å²) in [4.78, 5) is 41.4. The fourth-order valence-electron chi connectivity index (χ4n) is 5.73. The monoisotopic (exact) mass is 623 g/mol. The molecule has 1 saturated carbocycles. The predicted octanol–water partition coefficient (Wildman–Crippen LogP) is 4.29. The number of hydrogen-bond acceptors (Lipinski definition) is 7. The minimum atomic E-state index is -3.69. The molecule has 2 aliphatic rings. The minimum absolute atomic E-state index is 0.0164. The second-order valence-corrected chi connectivity index (χ2v) is 14.2. The van der Waals surface area contributed by atoms with Crippen molar-refractivity contribution in [2.24, 2.45) is 0 Å². The largest absolute Gasteiger partial charge is 0.313 e. The Balaban J connectivity index is 1.34. The molecule has 1 aliphatic carbocycles. The molecule has 5 rings (SSSR count). The number of amides is 3. The molecule has 2 heterocycles. The molecule has 3 N–H and O–H groups in total. The molecule has 1 aliphatic heterocycles. The number of hydrogen-bond donors (Lipinski definition) is 3. The third-order valence-corrected chi connectivity index (χ3v) is 11.1. The molecule has 0 bridgehead atoms. The lowest BCUT2D eigenvalue weighted by Crippen LogP contribution is -2.41.